The van der Waals surface area contributed by atoms with Crippen molar-refractivity contribution in [1.29, 1.82) is 0 Å². The number of allylic oxidation sites excluding steroid dienone is 4. The Hall–Kier alpha value is -3.58. The summed E-state index contributed by atoms with van der Waals surface area (Å²) in [6.07, 6.45) is 7.54. The number of primary amides is 1. The molecule has 0 saturated carbocycles. The zero-order valence-corrected chi connectivity index (χ0v) is 28.0. The Bertz CT molecular complexity index is 1250. The Labute approximate surface area is 272 Å². The summed E-state index contributed by atoms with van der Waals surface area (Å²) in [6, 6.07) is 0. The minimum absolute atomic E-state index is 0.109. The van der Waals surface area contributed by atoms with Gasteiger partial charge in [-0.05, 0) is 57.6 Å². The molecule has 46 heavy (non-hydrogen) atoms. The van der Waals surface area contributed by atoms with Crippen LogP contribution in [0.25, 0.3) is 0 Å². The smallest absolute Gasteiger partial charge is 0.405 e. The highest BCUT2D eigenvalue weighted by Crippen LogP contribution is 2.29. The van der Waals surface area contributed by atoms with Gasteiger partial charge in [0.1, 0.15) is 6.10 Å². The van der Waals surface area contributed by atoms with Gasteiger partial charge in [-0.1, -0.05) is 51.0 Å². The first kappa shape index (κ1) is 38.6. The summed E-state index contributed by atoms with van der Waals surface area (Å²) in [5.74, 6) is -2.04. The normalized spacial score (nSPS) is 27.0. The molecule has 2 rings (SSSR count). The van der Waals surface area contributed by atoms with Gasteiger partial charge in [0, 0.05) is 43.9 Å². The highest BCUT2D eigenvalue weighted by molar-refractivity contribution is 6.23. The molecule has 0 aromatic carbocycles. The maximum Gasteiger partial charge on any atom is 0.405 e. The third-order valence-corrected chi connectivity index (χ3v) is 8.23. The fourth-order valence-corrected chi connectivity index (χ4v) is 5.61. The third-order valence-electron chi connectivity index (χ3n) is 8.23. The Morgan fingerprint density at radius 3 is 2.41 bits per heavy atom. The summed E-state index contributed by atoms with van der Waals surface area (Å²) in [6.45, 7) is 8.17. The summed E-state index contributed by atoms with van der Waals surface area (Å²) in [7, 11) is 2.94. The number of ketones is 2. The quantitative estimate of drug-likeness (QED) is 0.134. The van der Waals surface area contributed by atoms with E-state index in [-0.39, 0.29) is 34.9 Å². The number of hydrogen-bond donors (Lipinski definition) is 5. The topological polar surface area (TPSA) is 192 Å². The molecule has 2 aliphatic rings. The lowest BCUT2D eigenvalue weighted by atomic mass is 9.85. The fraction of sp³-hybridized carbons (Fsp3) is 0.588. The number of aliphatic hydroxyl groups excluding tert-OH is 1. The van der Waals surface area contributed by atoms with Gasteiger partial charge in [0.15, 0.2) is 6.10 Å². The minimum atomic E-state index is -0.997. The molecule has 6 atom stereocenters. The molecule has 1 aliphatic heterocycles. The molecule has 0 aromatic rings. The summed E-state index contributed by atoms with van der Waals surface area (Å²) in [4.78, 5) is 52.0. The van der Waals surface area contributed by atoms with Crippen LogP contribution in [0.15, 0.2) is 58.5 Å². The number of ether oxygens (including phenoxy) is 3. The second-order valence-corrected chi connectivity index (χ2v) is 12.1. The average molecular weight is 645 g/mol. The molecule has 2 amide bonds. The molecule has 0 spiro atoms. The first-order valence-corrected chi connectivity index (χ1v) is 15.9. The van der Waals surface area contributed by atoms with E-state index in [1.165, 1.54) is 20.3 Å². The number of carbonyl (C=O) groups is 4. The maximum absolute atomic E-state index is 13.8. The van der Waals surface area contributed by atoms with Gasteiger partial charge in [0.2, 0.25) is 11.6 Å². The number of aliphatic hydroxyl groups is 1. The van der Waals surface area contributed by atoms with Crippen LogP contribution in [-0.2, 0) is 28.6 Å². The predicted octanol–water partition coefficient (Wildman–Crippen LogP) is 2.87. The highest BCUT2D eigenvalue weighted by Gasteiger charge is 2.33. The fourth-order valence-electron chi connectivity index (χ4n) is 5.61. The van der Waals surface area contributed by atoms with Crippen molar-refractivity contribution >= 4 is 23.6 Å². The van der Waals surface area contributed by atoms with E-state index < -0.39 is 53.9 Å². The molecule has 0 saturated heterocycles. The largest absolute Gasteiger partial charge is 0.439 e. The lowest BCUT2D eigenvalue weighted by molar-refractivity contribution is -0.120. The first-order valence-electron chi connectivity index (χ1n) is 15.9. The Balaban J connectivity index is 2.54. The van der Waals surface area contributed by atoms with Crippen molar-refractivity contribution in [2.24, 2.45) is 23.3 Å². The van der Waals surface area contributed by atoms with Crippen molar-refractivity contribution in [3.63, 3.8) is 0 Å². The number of amides is 2. The van der Waals surface area contributed by atoms with Gasteiger partial charge >= 0.3 is 6.09 Å². The first-order chi connectivity index (χ1) is 21.8. The molecule has 1 aliphatic carbocycles. The maximum atomic E-state index is 13.8. The Kier molecular flexibility index (Phi) is 16.1. The summed E-state index contributed by atoms with van der Waals surface area (Å²) >= 11 is 0. The number of unbranched alkanes of at least 4 members (excludes halogenated alkanes) is 3. The molecule has 0 unspecified atom stereocenters. The van der Waals surface area contributed by atoms with Crippen LogP contribution in [0.3, 0.4) is 0 Å². The summed E-state index contributed by atoms with van der Waals surface area (Å²) in [5, 5.41) is 17.1. The van der Waals surface area contributed by atoms with E-state index in [9.17, 15) is 24.3 Å². The van der Waals surface area contributed by atoms with E-state index in [0.29, 0.717) is 25.1 Å². The van der Waals surface area contributed by atoms with Gasteiger partial charge in [0.05, 0.1) is 23.6 Å². The van der Waals surface area contributed by atoms with Gasteiger partial charge < -0.3 is 41.4 Å². The lowest BCUT2D eigenvalue weighted by Crippen LogP contribution is -2.38. The molecule has 1 heterocycles. The van der Waals surface area contributed by atoms with Crippen molar-refractivity contribution in [2.45, 2.75) is 90.6 Å². The molecular formula is C34H52N4O8. The summed E-state index contributed by atoms with van der Waals surface area (Å²) in [5.41, 5.74) is 12.2. The number of carbonyl (C=O) groups excluding carboxylic acids is 4. The lowest BCUT2D eigenvalue weighted by Gasteiger charge is -2.30. The van der Waals surface area contributed by atoms with E-state index >= 15 is 0 Å². The second kappa shape index (κ2) is 19.2. The predicted molar refractivity (Wildman–Crippen MR) is 175 cm³/mol. The zero-order chi connectivity index (χ0) is 34.4. The Morgan fingerprint density at radius 2 is 1.78 bits per heavy atom. The van der Waals surface area contributed by atoms with Crippen LogP contribution in [0.2, 0.25) is 0 Å². The number of rotatable bonds is 10. The SMILES string of the molecule is CO[C@H]1C=CC=C(C)C(=O)NC2=CC(=O)C(NCCCCCCN)=C(C[C@@H](C)C[C@H](OC)[C@H](O)[C@@H](C)C=C(C)[C@@H]1OC(N)=O)C2=O. The number of fused-ring (bicyclic) bond motifs is 2. The third kappa shape index (κ3) is 11.3. The molecule has 256 valence electrons. The van der Waals surface area contributed by atoms with E-state index in [1.54, 1.807) is 32.1 Å². The van der Waals surface area contributed by atoms with Crippen LogP contribution < -0.4 is 22.1 Å². The van der Waals surface area contributed by atoms with Crippen LogP contribution in [0.1, 0.15) is 66.2 Å². The zero-order valence-electron chi connectivity index (χ0n) is 28.0. The van der Waals surface area contributed by atoms with Crippen LogP contribution in [0.5, 0.6) is 0 Å². The van der Waals surface area contributed by atoms with Crippen molar-refractivity contribution in [2.75, 3.05) is 27.3 Å². The Morgan fingerprint density at radius 1 is 1.09 bits per heavy atom. The number of Topliss-reactive ketones (excluding diaryl/α,β-unsaturated/α-hetero) is 1. The number of nitrogens with one attached hydrogen (secondary N) is 2. The monoisotopic (exact) mass is 644 g/mol. The van der Waals surface area contributed by atoms with Crippen molar-refractivity contribution in [3.8, 4) is 0 Å². The van der Waals surface area contributed by atoms with E-state index in [2.05, 4.69) is 10.6 Å². The van der Waals surface area contributed by atoms with E-state index in [4.69, 9.17) is 25.7 Å². The van der Waals surface area contributed by atoms with Gasteiger partial charge in [-0.3, -0.25) is 14.4 Å². The van der Waals surface area contributed by atoms with Gasteiger partial charge in [-0.15, -0.1) is 0 Å². The molecule has 0 fully saturated rings. The van der Waals surface area contributed by atoms with Crippen molar-refractivity contribution in [3.05, 3.63) is 58.5 Å². The second-order valence-electron chi connectivity index (χ2n) is 12.1. The minimum Gasteiger partial charge on any atom is -0.439 e. The van der Waals surface area contributed by atoms with Crippen LogP contribution in [0, 0.1) is 11.8 Å². The number of hydrogen-bond acceptors (Lipinski definition) is 10. The van der Waals surface area contributed by atoms with Crippen LogP contribution in [-0.4, -0.2) is 80.4 Å². The molecule has 2 bridgehead atoms. The average Bonchev–Trinajstić information content (AvgIpc) is 3.01. The molecule has 0 aromatic heterocycles. The molecule has 12 nitrogen and oxygen atoms in total. The van der Waals surface area contributed by atoms with Gasteiger partial charge in [0.25, 0.3) is 5.91 Å². The summed E-state index contributed by atoms with van der Waals surface area (Å²) < 4.78 is 16.7. The number of methoxy groups -OCH3 is 2. The standard InChI is InChI=1S/C34H52N4O8/c1-20-16-24-29(37-15-10-8-7-9-14-35)26(39)19-25(31(24)41)38-33(42)21(2)12-11-13-27(44-5)32(46-34(36)43)23(4)18-22(3)30(40)28(17-20)45-6/h11-13,18-20,22,27-28,30,32,37,40H,7-10,14-17,35H2,1-6H3,(H2,36,43)(H,38,42)/t20-,22+,27+,28+,30-,32+/m1/s1. The van der Waals surface area contributed by atoms with E-state index in [1.807, 2.05) is 13.8 Å². The van der Waals surface area contributed by atoms with Gasteiger partial charge in [-0.2, -0.15) is 0 Å². The number of nitrogens with two attached hydrogens (primary N) is 2. The van der Waals surface area contributed by atoms with Crippen LogP contribution >= 0.6 is 0 Å². The molecular weight excluding hydrogens is 592 g/mol. The highest BCUT2D eigenvalue weighted by atomic mass is 16.6. The molecule has 0 radical (unpaired) electrons. The van der Waals surface area contributed by atoms with Gasteiger partial charge in [-0.25, -0.2) is 4.79 Å². The van der Waals surface area contributed by atoms with Crippen molar-refractivity contribution < 1.29 is 38.5 Å². The van der Waals surface area contributed by atoms with E-state index in [0.717, 1.165) is 31.8 Å². The molecule has 7 N–H and O–H groups in total. The van der Waals surface area contributed by atoms with Crippen LogP contribution in [0.4, 0.5) is 4.79 Å². The van der Waals surface area contributed by atoms with Crippen molar-refractivity contribution in [1.82, 2.24) is 10.6 Å². The molecule has 12 heteroatoms.